The quantitative estimate of drug-likeness (QED) is 0.839. The smallest absolute Gasteiger partial charge is 0.124 e. The first-order valence-electron chi connectivity index (χ1n) is 7.47. The summed E-state index contributed by atoms with van der Waals surface area (Å²) in [6.45, 7) is 0.494. The van der Waals surface area contributed by atoms with Gasteiger partial charge in [-0.2, -0.15) is 0 Å². The number of rotatable bonds is 6. The Morgan fingerprint density at radius 3 is 2.50 bits per heavy atom. The van der Waals surface area contributed by atoms with Crippen molar-refractivity contribution in [1.29, 1.82) is 0 Å². The minimum absolute atomic E-state index is 0. The van der Waals surface area contributed by atoms with E-state index in [9.17, 15) is 5.11 Å². The minimum Gasteiger partial charge on any atom is -0.507 e. The van der Waals surface area contributed by atoms with Gasteiger partial charge in [-0.25, -0.2) is 0 Å². The van der Waals surface area contributed by atoms with Crippen molar-refractivity contribution in [3.8, 4) is 11.5 Å². The van der Waals surface area contributed by atoms with Crippen molar-refractivity contribution in [3.05, 3.63) is 59.7 Å². The standard InChI is InChI=1S/C18H21NO2.ClH/c19-17(10-13-6-7-13)16-9-8-15(11-18(16)20)21-12-14-4-2-1-3-5-14;/h1-5,8-9,11,13,17,20H,6-7,10,12,19H2;1H/t17-;/m0./s1. The van der Waals surface area contributed by atoms with Gasteiger partial charge in [0.05, 0.1) is 0 Å². The van der Waals surface area contributed by atoms with Crippen LogP contribution in [0.25, 0.3) is 0 Å². The van der Waals surface area contributed by atoms with Crippen LogP contribution in [0.2, 0.25) is 0 Å². The lowest BCUT2D eigenvalue weighted by Crippen LogP contribution is -2.11. The molecule has 0 amide bonds. The Balaban J connectivity index is 0.00000176. The second-order valence-electron chi connectivity index (χ2n) is 5.78. The fourth-order valence-corrected chi connectivity index (χ4v) is 2.51. The molecule has 3 N–H and O–H groups in total. The van der Waals surface area contributed by atoms with Gasteiger partial charge < -0.3 is 15.6 Å². The molecule has 0 spiro atoms. The lowest BCUT2D eigenvalue weighted by molar-refractivity contribution is 0.304. The molecule has 0 heterocycles. The van der Waals surface area contributed by atoms with Crippen LogP contribution in [0.15, 0.2) is 48.5 Å². The number of benzene rings is 2. The van der Waals surface area contributed by atoms with Gasteiger partial charge in [0.25, 0.3) is 0 Å². The summed E-state index contributed by atoms with van der Waals surface area (Å²) in [5.41, 5.74) is 8.07. The molecule has 118 valence electrons. The van der Waals surface area contributed by atoms with E-state index in [-0.39, 0.29) is 24.2 Å². The van der Waals surface area contributed by atoms with Crippen LogP contribution < -0.4 is 10.5 Å². The number of hydrogen-bond acceptors (Lipinski definition) is 3. The van der Waals surface area contributed by atoms with Gasteiger partial charge in [0.15, 0.2) is 0 Å². The molecular weight excluding hydrogens is 298 g/mol. The van der Waals surface area contributed by atoms with Crippen molar-refractivity contribution in [1.82, 2.24) is 0 Å². The summed E-state index contributed by atoms with van der Waals surface area (Å²) in [6.07, 6.45) is 3.50. The molecule has 0 aliphatic heterocycles. The Kier molecular flexibility index (Phi) is 5.69. The summed E-state index contributed by atoms with van der Waals surface area (Å²) in [5.74, 6) is 1.64. The van der Waals surface area contributed by atoms with Gasteiger partial charge in [0, 0.05) is 17.7 Å². The maximum absolute atomic E-state index is 10.1. The first-order valence-corrected chi connectivity index (χ1v) is 7.47. The number of hydrogen-bond donors (Lipinski definition) is 2. The molecule has 0 bridgehead atoms. The summed E-state index contributed by atoms with van der Waals surface area (Å²) in [4.78, 5) is 0. The molecule has 1 fully saturated rings. The fraction of sp³-hybridized carbons (Fsp3) is 0.333. The highest BCUT2D eigenvalue weighted by Gasteiger charge is 2.25. The third-order valence-corrected chi connectivity index (χ3v) is 3.93. The molecule has 1 saturated carbocycles. The van der Waals surface area contributed by atoms with Crippen LogP contribution in [0.4, 0.5) is 0 Å². The molecule has 1 atom stereocenters. The highest BCUT2D eigenvalue weighted by Crippen LogP contribution is 2.39. The zero-order chi connectivity index (χ0) is 14.7. The Labute approximate surface area is 137 Å². The number of phenolic OH excluding ortho intramolecular Hbond substituents is 1. The van der Waals surface area contributed by atoms with Gasteiger partial charge in [-0.15, -0.1) is 12.4 Å². The molecule has 2 aromatic carbocycles. The molecule has 1 aliphatic carbocycles. The van der Waals surface area contributed by atoms with Crippen LogP contribution in [-0.4, -0.2) is 5.11 Å². The first-order chi connectivity index (χ1) is 10.2. The highest BCUT2D eigenvalue weighted by molar-refractivity contribution is 5.85. The largest absolute Gasteiger partial charge is 0.507 e. The van der Waals surface area contributed by atoms with E-state index in [1.807, 2.05) is 42.5 Å². The van der Waals surface area contributed by atoms with E-state index in [1.54, 1.807) is 6.07 Å². The third kappa shape index (κ3) is 4.39. The lowest BCUT2D eigenvalue weighted by Gasteiger charge is -2.14. The SMILES string of the molecule is Cl.N[C@@H](CC1CC1)c1ccc(OCc2ccccc2)cc1O. The van der Waals surface area contributed by atoms with E-state index in [1.165, 1.54) is 12.8 Å². The van der Waals surface area contributed by atoms with Crippen molar-refractivity contribution in [2.24, 2.45) is 11.7 Å². The Morgan fingerprint density at radius 2 is 1.86 bits per heavy atom. The molecule has 0 aromatic heterocycles. The van der Waals surface area contributed by atoms with Gasteiger partial charge in [0.1, 0.15) is 18.1 Å². The van der Waals surface area contributed by atoms with Crippen LogP contribution in [0.3, 0.4) is 0 Å². The van der Waals surface area contributed by atoms with Crippen LogP contribution in [0.5, 0.6) is 11.5 Å². The summed E-state index contributed by atoms with van der Waals surface area (Å²) >= 11 is 0. The average Bonchev–Trinajstić information content (AvgIpc) is 3.30. The van der Waals surface area contributed by atoms with Crippen molar-refractivity contribution in [2.45, 2.75) is 31.9 Å². The predicted octanol–water partition coefficient (Wildman–Crippen LogP) is 4.19. The molecule has 3 nitrogen and oxygen atoms in total. The Morgan fingerprint density at radius 1 is 1.14 bits per heavy atom. The van der Waals surface area contributed by atoms with Gasteiger partial charge >= 0.3 is 0 Å². The Hall–Kier alpha value is -1.71. The van der Waals surface area contributed by atoms with Crippen LogP contribution in [0.1, 0.15) is 36.4 Å². The van der Waals surface area contributed by atoms with E-state index in [0.29, 0.717) is 12.4 Å². The fourth-order valence-electron chi connectivity index (χ4n) is 2.51. The molecule has 3 rings (SSSR count). The van der Waals surface area contributed by atoms with E-state index in [0.717, 1.165) is 23.5 Å². The van der Waals surface area contributed by atoms with Crippen LogP contribution in [-0.2, 0) is 6.61 Å². The molecule has 0 radical (unpaired) electrons. The molecular formula is C18H22ClNO2. The van der Waals surface area contributed by atoms with Crippen molar-refractivity contribution in [3.63, 3.8) is 0 Å². The van der Waals surface area contributed by atoms with Gasteiger partial charge in [-0.05, 0) is 24.0 Å². The normalized spacial score (nSPS) is 15.0. The van der Waals surface area contributed by atoms with Gasteiger partial charge in [0.2, 0.25) is 0 Å². The number of halogens is 1. The highest BCUT2D eigenvalue weighted by atomic mass is 35.5. The van der Waals surface area contributed by atoms with E-state index in [2.05, 4.69) is 0 Å². The first kappa shape index (κ1) is 16.7. The molecule has 0 saturated heterocycles. The predicted molar refractivity (Wildman–Crippen MR) is 90.4 cm³/mol. The molecule has 2 aromatic rings. The van der Waals surface area contributed by atoms with Crippen LogP contribution in [0, 0.1) is 5.92 Å². The topological polar surface area (TPSA) is 55.5 Å². The number of aromatic hydroxyl groups is 1. The maximum atomic E-state index is 10.1. The third-order valence-electron chi connectivity index (χ3n) is 3.93. The molecule has 0 unspecified atom stereocenters. The van der Waals surface area contributed by atoms with E-state index < -0.39 is 0 Å². The summed E-state index contributed by atoms with van der Waals surface area (Å²) in [7, 11) is 0. The number of ether oxygens (including phenoxy) is 1. The second kappa shape index (κ2) is 7.52. The van der Waals surface area contributed by atoms with Crippen molar-refractivity contribution >= 4 is 12.4 Å². The Bertz CT molecular complexity index is 599. The molecule has 1 aliphatic rings. The van der Waals surface area contributed by atoms with Crippen LogP contribution >= 0.6 is 12.4 Å². The number of nitrogens with two attached hydrogens (primary N) is 1. The van der Waals surface area contributed by atoms with E-state index in [4.69, 9.17) is 10.5 Å². The summed E-state index contributed by atoms with van der Waals surface area (Å²) in [5, 5.41) is 10.1. The van der Waals surface area contributed by atoms with Crippen molar-refractivity contribution in [2.75, 3.05) is 0 Å². The average molecular weight is 320 g/mol. The minimum atomic E-state index is -0.0827. The van der Waals surface area contributed by atoms with Gasteiger partial charge in [-0.1, -0.05) is 49.2 Å². The van der Waals surface area contributed by atoms with E-state index >= 15 is 0 Å². The molecule has 22 heavy (non-hydrogen) atoms. The summed E-state index contributed by atoms with van der Waals surface area (Å²) in [6, 6.07) is 15.3. The molecule has 4 heteroatoms. The monoisotopic (exact) mass is 319 g/mol. The zero-order valence-corrected chi connectivity index (χ0v) is 13.3. The van der Waals surface area contributed by atoms with Gasteiger partial charge in [-0.3, -0.25) is 0 Å². The van der Waals surface area contributed by atoms with Crippen molar-refractivity contribution < 1.29 is 9.84 Å². The summed E-state index contributed by atoms with van der Waals surface area (Å²) < 4.78 is 5.70. The zero-order valence-electron chi connectivity index (χ0n) is 12.4. The lowest BCUT2D eigenvalue weighted by atomic mass is 10.0. The second-order valence-corrected chi connectivity index (χ2v) is 5.78. The maximum Gasteiger partial charge on any atom is 0.124 e. The number of phenols is 1.